The number of ether oxygens (including phenoxy) is 2. The monoisotopic (exact) mass is 309 g/mol. The summed E-state index contributed by atoms with van der Waals surface area (Å²) in [6, 6.07) is 7.17. The van der Waals surface area contributed by atoms with E-state index in [0.717, 1.165) is 5.56 Å². The minimum Gasteiger partial charge on any atom is -0.493 e. The van der Waals surface area contributed by atoms with E-state index >= 15 is 0 Å². The summed E-state index contributed by atoms with van der Waals surface area (Å²) >= 11 is 0. The van der Waals surface area contributed by atoms with Gasteiger partial charge in [0.2, 0.25) is 0 Å². The summed E-state index contributed by atoms with van der Waals surface area (Å²) < 4.78 is 10.8. The lowest BCUT2D eigenvalue weighted by molar-refractivity contribution is -0.768. The molecule has 0 bridgehead atoms. The van der Waals surface area contributed by atoms with Crippen LogP contribution in [0.15, 0.2) is 18.2 Å². The quantitative estimate of drug-likeness (QED) is 0.500. The van der Waals surface area contributed by atoms with Crippen LogP contribution in [-0.2, 0) is 11.3 Å². The molecule has 0 radical (unpaired) electrons. The van der Waals surface area contributed by atoms with Gasteiger partial charge in [0.25, 0.3) is 5.09 Å². The molecule has 0 aliphatic carbocycles. The maximum absolute atomic E-state index is 10.5. The van der Waals surface area contributed by atoms with E-state index in [9.17, 15) is 10.1 Å². The van der Waals surface area contributed by atoms with Crippen LogP contribution in [0.5, 0.6) is 11.5 Å². The molecule has 22 heavy (non-hydrogen) atoms. The second kappa shape index (κ2) is 8.69. The molecule has 0 fully saturated rings. The van der Waals surface area contributed by atoms with Crippen LogP contribution in [0.4, 0.5) is 0 Å². The summed E-state index contributed by atoms with van der Waals surface area (Å²) in [6.07, 6.45) is -0.446. The lowest BCUT2D eigenvalue weighted by Gasteiger charge is -2.20. The molecule has 1 aromatic carbocycles. The van der Waals surface area contributed by atoms with Gasteiger partial charge in [0.05, 0.1) is 19.6 Å². The predicted octanol–water partition coefficient (Wildman–Crippen LogP) is 1.28. The maximum Gasteiger partial charge on any atom is 0.294 e. The van der Waals surface area contributed by atoms with Crippen LogP contribution in [0, 0.1) is 21.4 Å². The van der Waals surface area contributed by atoms with Gasteiger partial charge in [0.15, 0.2) is 17.6 Å². The van der Waals surface area contributed by atoms with E-state index in [1.165, 1.54) is 7.11 Å². The van der Waals surface area contributed by atoms with Gasteiger partial charge in [0, 0.05) is 6.54 Å². The van der Waals surface area contributed by atoms with Gasteiger partial charge in [-0.25, -0.2) is 0 Å². The van der Waals surface area contributed by atoms with Crippen LogP contribution in [-0.4, -0.2) is 50.4 Å². The normalized spacial score (nSPS) is 11.6. The maximum atomic E-state index is 10.5. The highest BCUT2D eigenvalue weighted by Gasteiger charge is 2.17. The molecule has 1 unspecified atom stereocenters. The molecule has 0 N–H and O–H groups in total. The highest BCUT2D eigenvalue weighted by molar-refractivity contribution is 5.43. The molecule has 8 heteroatoms. The lowest BCUT2D eigenvalue weighted by Crippen LogP contribution is -2.34. The molecular weight excluding hydrogens is 290 g/mol. The Morgan fingerprint density at radius 3 is 2.68 bits per heavy atom. The van der Waals surface area contributed by atoms with E-state index in [2.05, 4.69) is 10.9 Å². The minimum atomic E-state index is -0.829. The van der Waals surface area contributed by atoms with Crippen molar-refractivity contribution in [1.82, 2.24) is 4.90 Å². The molecule has 0 aromatic heterocycles. The van der Waals surface area contributed by atoms with Crippen LogP contribution < -0.4 is 9.47 Å². The van der Waals surface area contributed by atoms with Crippen LogP contribution >= 0.6 is 0 Å². The molecule has 0 saturated heterocycles. The third-order valence-electron chi connectivity index (χ3n) is 2.74. The number of nitrogens with zero attached hydrogens (tertiary/aromatic N) is 3. The van der Waals surface area contributed by atoms with Gasteiger partial charge in [-0.3, -0.25) is 0 Å². The van der Waals surface area contributed by atoms with Gasteiger partial charge in [-0.2, -0.15) is 5.26 Å². The van der Waals surface area contributed by atoms with Gasteiger partial charge >= 0.3 is 0 Å². The molecule has 120 valence electrons. The minimum absolute atomic E-state index is 0.00706. The molecule has 0 heterocycles. The first-order valence-corrected chi connectivity index (χ1v) is 6.58. The van der Waals surface area contributed by atoms with Crippen molar-refractivity contribution in [2.75, 3.05) is 34.4 Å². The van der Waals surface area contributed by atoms with Gasteiger partial charge < -0.3 is 19.2 Å². The second-order valence-corrected chi connectivity index (χ2v) is 4.84. The topological polar surface area (TPSA) is 97.9 Å². The number of rotatable bonds is 9. The van der Waals surface area contributed by atoms with Crippen LogP contribution in [0.1, 0.15) is 5.56 Å². The number of likely N-dealkylation sites (N-methyl/N-ethyl adjacent to an activating group) is 1. The van der Waals surface area contributed by atoms with Crippen molar-refractivity contribution < 1.29 is 19.4 Å². The lowest BCUT2D eigenvalue weighted by atomic mass is 10.1. The third-order valence-corrected chi connectivity index (χ3v) is 2.74. The van der Waals surface area contributed by atoms with Gasteiger partial charge in [-0.15, -0.1) is 10.1 Å². The second-order valence-electron chi connectivity index (χ2n) is 4.84. The Kier molecular flexibility index (Phi) is 6.92. The zero-order chi connectivity index (χ0) is 16.5. The van der Waals surface area contributed by atoms with E-state index in [1.54, 1.807) is 37.2 Å². The average Bonchev–Trinajstić information content (AvgIpc) is 2.44. The summed E-state index contributed by atoms with van der Waals surface area (Å²) in [6.45, 7) is 0.350. The van der Waals surface area contributed by atoms with Crippen molar-refractivity contribution in [3.05, 3.63) is 33.9 Å². The average molecular weight is 309 g/mol. The summed E-state index contributed by atoms with van der Waals surface area (Å²) in [5.41, 5.74) is 0.804. The number of hydrogen-bond acceptors (Lipinski definition) is 7. The van der Waals surface area contributed by atoms with E-state index < -0.39 is 11.2 Å². The van der Waals surface area contributed by atoms with Crippen LogP contribution in [0.2, 0.25) is 0 Å². The van der Waals surface area contributed by atoms with Crippen molar-refractivity contribution in [2.24, 2.45) is 0 Å². The van der Waals surface area contributed by atoms with Crippen molar-refractivity contribution >= 4 is 0 Å². The van der Waals surface area contributed by atoms with E-state index in [4.69, 9.17) is 14.7 Å². The molecule has 0 spiro atoms. The third kappa shape index (κ3) is 5.85. The van der Waals surface area contributed by atoms with Crippen molar-refractivity contribution in [3.8, 4) is 17.6 Å². The van der Waals surface area contributed by atoms with Gasteiger partial charge in [-0.05, 0) is 31.8 Å². The van der Waals surface area contributed by atoms with Crippen molar-refractivity contribution in [3.63, 3.8) is 0 Å². The summed E-state index contributed by atoms with van der Waals surface area (Å²) in [5, 5.41) is 18.4. The number of hydrogen-bond donors (Lipinski definition) is 0. The highest BCUT2D eigenvalue weighted by Crippen LogP contribution is 2.28. The molecule has 1 rings (SSSR count). The van der Waals surface area contributed by atoms with E-state index in [0.29, 0.717) is 18.0 Å². The SMILES string of the molecule is COc1cc(CC#N)ccc1OCC(CN(C)C)O[N+](=O)[O-]. The molecule has 1 aromatic rings. The van der Waals surface area contributed by atoms with Crippen molar-refractivity contribution in [1.29, 1.82) is 5.26 Å². The fourth-order valence-electron chi connectivity index (χ4n) is 1.86. The summed E-state index contributed by atoms with van der Waals surface area (Å²) in [4.78, 5) is 16.9. The number of benzene rings is 1. The van der Waals surface area contributed by atoms with Gasteiger partial charge in [-0.1, -0.05) is 6.07 Å². The largest absolute Gasteiger partial charge is 0.493 e. The first kappa shape index (κ1) is 17.5. The Balaban J connectivity index is 2.75. The molecule has 8 nitrogen and oxygen atoms in total. The summed E-state index contributed by atoms with van der Waals surface area (Å²) in [5.74, 6) is 0.914. The van der Waals surface area contributed by atoms with E-state index in [-0.39, 0.29) is 13.0 Å². The zero-order valence-corrected chi connectivity index (χ0v) is 12.8. The molecule has 0 aliphatic rings. The van der Waals surface area contributed by atoms with Crippen LogP contribution in [0.25, 0.3) is 0 Å². The van der Waals surface area contributed by atoms with E-state index in [1.807, 2.05) is 0 Å². The van der Waals surface area contributed by atoms with Gasteiger partial charge in [0.1, 0.15) is 6.61 Å². The fraction of sp³-hybridized carbons (Fsp3) is 0.500. The molecule has 1 atom stereocenters. The Labute approximate surface area is 128 Å². The Morgan fingerprint density at radius 1 is 1.41 bits per heavy atom. The molecular formula is C14H19N3O5. The summed E-state index contributed by atoms with van der Waals surface area (Å²) in [7, 11) is 5.06. The Morgan fingerprint density at radius 2 is 2.14 bits per heavy atom. The smallest absolute Gasteiger partial charge is 0.294 e. The highest BCUT2D eigenvalue weighted by atomic mass is 17.0. The predicted molar refractivity (Wildman–Crippen MR) is 78.2 cm³/mol. The fourth-order valence-corrected chi connectivity index (χ4v) is 1.86. The standard InChI is InChI=1S/C14H19N3O5/c1-16(2)9-12(22-17(18)19)10-21-13-5-4-11(6-7-15)8-14(13)20-3/h4-5,8,12H,6,9-10H2,1-3H3. The number of nitriles is 1. The Hall–Kier alpha value is -2.53. The molecule has 0 aliphatic heterocycles. The van der Waals surface area contributed by atoms with Crippen LogP contribution in [0.3, 0.4) is 0 Å². The Bertz CT molecular complexity index is 542. The zero-order valence-electron chi connectivity index (χ0n) is 12.8. The molecule has 0 amide bonds. The first-order chi connectivity index (χ1) is 10.5. The van der Waals surface area contributed by atoms with Crippen molar-refractivity contribution in [2.45, 2.75) is 12.5 Å². The number of methoxy groups -OCH3 is 1. The first-order valence-electron chi connectivity index (χ1n) is 6.58. The molecule has 0 saturated carbocycles.